The van der Waals surface area contributed by atoms with Crippen LogP contribution in [-0.2, 0) is 20.1 Å². The molecule has 317 valence electrons. The predicted octanol–water partition coefficient (Wildman–Crippen LogP) is 15.5. The van der Waals surface area contributed by atoms with Crippen molar-refractivity contribution < 1.29 is 39.6 Å². The van der Waals surface area contributed by atoms with Crippen molar-refractivity contribution in [3.05, 3.63) is 192 Å². The maximum Gasteiger partial charge on any atom is 0.216 e. The van der Waals surface area contributed by atoms with Crippen LogP contribution in [0.1, 0.15) is 82.5 Å². The molecule has 11 aromatic rings. The molecule has 0 spiro atoms. The second kappa shape index (κ2) is 17.4. The van der Waals surface area contributed by atoms with Gasteiger partial charge in [-0.2, -0.15) is 0 Å². The summed E-state index contributed by atoms with van der Waals surface area (Å²) in [6.45, 7) is 0.782. The molecule has 0 amide bonds. The van der Waals surface area contributed by atoms with Gasteiger partial charge in [0.25, 0.3) is 0 Å². The van der Waals surface area contributed by atoms with E-state index in [4.69, 9.17) is 21.7 Å². The van der Waals surface area contributed by atoms with Crippen molar-refractivity contribution in [1.82, 2.24) is 19.5 Å². The quantitative estimate of drug-likeness (QED) is 0.123. The third-order valence-electron chi connectivity index (χ3n) is 11.4. The van der Waals surface area contributed by atoms with Crippen LogP contribution in [0, 0.1) is 32.7 Å². The summed E-state index contributed by atoms with van der Waals surface area (Å²) in [5.41, 5.74) is 8.38. The Morgan fingerprint density at radius 2 is 1.39 bits per heavy atom. The van der Waals surface area contributed by atoms with Crippen molar-refractivity contribution in [2.75, 3.05) is 0 Å². The molecule has 0 aliphatic heterocycles. The topological polar surface area (TPSA) is 56.7 Å². The van der Waals surface area contributed by atoms with E-state index in [0.717, 1.165) is 44.1 Å². The summed E-state index contributed by atoms with van der Waals surface area (Å²) in [5, 5.41) is 6.11. The van der Waals surface area contributed by atoms with Gasteiger partial charge in [-0.05, 0) is 123 Å². The minimum Gasteiger partial charge on any atom is -0.486 e. The van der Waals surface area contributed by atoms with Crippen molar-refractivity contribution in [1.29, 1.82) is 0 Å². The van der Waals surface area contributed by atoms with Gasteiger partial charge in [0.05, 0.1) is 22.4 Å². The minimum atomic E-state index is -2.39. The number of aromatic nitrogens is 4. The van der Waals surface area contributed by atoms with E-state index < -0.39 is 32.3 Å². The first-order chi connectivity index (χ1) is 34.8. The standard InChI is InChI=1S/C45H36N3O.C13H12N.Ir/c1-26(2)38-24-32(30-20-22-34-31(23-30)19-18-29-11-6-7-12-33(29)34)25-39(27(3)4)42(38)48-41-16-9-8-15-40(41)47-44(48)37-14-10-13-35-36-21-17-28(5)46-45(36)49-43(35)37;1-10-3-6-12(7-4-10)13-8-5-11(2)9-14-13;/h6-13,15-27H,1-5H3;3-6,8-9H,1-2H3;/q2*-1;/i5D3,26D,27D;1D3,2D3;. The Morgan fingerprint density at radius 1 is 0.641 bits per heavy atom. The van der Waals surface area contributed by atoms with Crippen LogP contribution in [0.25, 0.3) is 94.1 Å². The van der Waals surface area contributed by atoms with E-state index >= 15 is 0 Å². The Balaban J connectivity index is 0.000000277. The molecule has 0 N–H and O–H groups in total. The molecule has 0 saturated carbocycles. The molecule has 11 rings (SSSR count). The number of furan rings is 1. The minimum absolute atomic E-state index is 0. The van der Waals surface area contributed by atoms with Crippen LogP contribution in [0.3, 0.4) is 0 Å². The van der Waals surface area contributed by atoms with Gasteiger partial charge in [-0.15, -0.1) is 53.6 Å². The van der Waals surface area contributed by atoms with E-state index in [-0.39, 0.29) is 42.6 Å². The van der Waals surface area contributed by atoms with Gasteiger partial charge < -0.3 is 14.0 Å². The Kier molecular flexibility index (Phi) is 8.50. The Morgan fingerprint density at radius 3 is 2.14 bits per heavy atom. The molecular weight excluding hydrogens is 961 g/mol. The molecule has 0 aliphatic carbocycles. The van der Waals surface area contributed by atoms with E-state index in [1.165, 1.54) is 46.6 Å². The first-order valence-electron chi connectivity index (χ1n) is 26.2. The van der Waals surface area contributed by atoms with Crippen LogP contribution in [0.4, 0.5) is 0 Å². The SMILES string of the molecule is [2H]C([2H])([2H])c1c[c-]c(-c2ccc(C([2H])([2H])[2H])cn2)cc1.[2H]C([2H])([2H])c1ccc2c(n1)oc1c(-c3nc4ccccc4n3-c3c(C([2H])(C)C)cc(-c4ccc5c(ccc6ccccc65)c4)cc3C([2H])(C)C)[c-]ccc12.[Ir]. The van der Waals surface area contributed by atoms with Crippen molar-refractivity contribution in [3.8, 4) is 39.5 Å². The summed E-state index contributed by atoms with van der Waals surface area (Å²) in [6, 6.07) is 52.0. The number of benzene rings is 7. The van der Waals surface area contributed by atoms with E-state index in [0.29, 0.717) is 39.3 Å². The number of rotatable bonds is 6. The van der Waals surface area contributed by atoms with Crippen molar-refractivity contribution in [2.24, 2.45) is 0 Å². The van der Waals surface area contributed by atoms with Crippen LogP contribution in [-0.4, -0.2) is 19.5 Å². The van der Waals surface area contributed by atoms with E-state index in [1.54, 1.807) is 18.2 Å². The molecule has 6 heteroatoms. The molecular formula is C58H48IrN4O-2. The predicted molar refractivity (Wildman–Crippen MR) is 262 cm³/mol. The molecule has 0 aliphatic rings. The molecule has 64 heavy (non-hydrogen) atoms. The largest absolute Gasteiger partial charge is 0.486 e. The van der Waals surface area contributed by atoms with Crippen molar-refractivity contribution in [2.45, 2.75) is 60.0 Å². The summed E-state index contributed by atoms with van der Waals surface area (Å²) >= 11 is 0. The third kappa shape index (κ3) is 7.82. The second-order valence-corrected chi connectivity index (χ2v) is 16.1. The van der Waals surface area contributed by atoms with Crippen molar-refractivity contribution in [3.63, 3.8) is 0 Å². The molecule has 4 aromatic heterocycles. The zero-order valence-corrected chi connectivity index (χ0v) is 37.9. The van der Waals surface area contributed by atoms with Crippen LogP contribution >= 0.6 is 0 Å². The smallest absolute Gasteiger partial charge is 0.216 e. The zero-order chi connectivity index (χ0) is 52.7. The fourth-order valence-corrected chi connectivity index (χ4v) is 8.34. The van der Waals surface area contributed by atoms with Gasteiger partial charge in [0, 0.05) is 58.1 Å². The number of hydrogen-bond donors (Lipinski definition) is 0. The van der Waals surface area contributed by atoms with Crippen LogP contribution in [0.5, 0.6) is 0 Å². The van der Waals surface area contributed by atoms with Crippen LogP contribution in [0.2, 0.25) is 0 Å². The van der Waals surface area contributed by atoms with Gasteiger partial charge >= 0.3 is 0 Å². The molecule has 0 unspecified atom stereocenters. The molecule has 7 aromatic carbocycles. The maximum atomic E-state index is 9.58. The molecule has 0 atom stereocenters. The number of aryl methyl sites for hydroxylation is 3. The third-order valence-corrected chi connectivity index (χ3v) is 11.4. The summed E-state index contributed by atoms with van der Waals surface area (Å²) < 4.78 is 94.9. The van der Waals surface area contributed by atoms with Crippen LogP contribution in [0.15, 0.2) is 156 Å². The fourth-order valence-electron chi connectivity index (χ4n) is 8.34. The Labute approximate surface area is 403 Å². The normalized spacial score (nSPS) is 15.0. The van der Waals surface area contributed by atoms with E-state index in [2.05, 4.69) is 88.8 Å². The van der Waals surface area contributed by atoms with Gasteiger partial charge in [0.15, 0.2) is 0 Å². The molecule has 5 nitrogen and oxygen atoms in total. The second-order valence-electron chi connectivity index (χ2n) is 16.1. The molecule has 0 bridgehead atoms. The summed E-state index contributed by atoms with van der Waals surface area (Å²) in [7, 11) is 0. The van der Waals surface area contributed by atoms with Gasteiger partial charge in [0.2, 0.25) is 5.71 Å². The van der Waals surface area contributed by atoms with Crippen LogP contribution < -0.4 is 0 Å². The molecule has 0 saturated heterocycles. The average molecular weight is 1020 g/mol. The summed E-state index contributed by atoms with van der Waals surface area (Å²) in [4.78, 5) is 13.6. The van der Waals surface area contributed by atoms with E-state index in [1.807, 2.05) is 68.7 Å². The van der Waals surface area contributed by atoms with Gasteiger partial charge in [-0.25, -0.2) is 4.98 Å². The van der Waals surface area contributed by atoms with Crippen molar-refractivity contribution >= 4 is 54.6 Å². The first kappa shape index (κ1) is 31.2. The van der Waals surface area contributed by atoms with Gasteiger partial charge in [0.1, 0.15) is 0 Å². The maximum absolute atomic E-state index is 9.58. The van der Waals surface area contributed by atoms with Gasteiger partial charge in [-0.3, -0.25) is 4.98 Å². The number of para-hydroxylation sites is 2. The first-order valence-corrected chi connectivity index (χ1v) is 20.7. The Bertz CT molecular complexity index is 3850. The number of fused-ring (bicyclic) bond motifs is 7. The number of hydrogen-bond acceptors (Lipinski definition) is 4. The summed E-state index contributed by atoms with van der Waals surface area (Å²) in [6.07, 6.45) is 1.30. The monoisotopic (exact) mass is 1020 g/mol. The summed E-state index contributed by atoms with van der Waals surface area (Å²) in [5.74, 6) is -1.66. The van der Waals surface area contributed by atoms with Gasteiger partial charge in [-0.1, -0.05) is 118 Å². The molecule has 4 heterocycles. The number of pyridine rings is 2. The fraction of sp³-hybridized carbons (Fsp3) is 0.155. The zero-order valence-electron chi connectivity index (χ0n) is 46.5. The number of nitrogens with zero attached hydrogens (tertiary/aromatic N) is 4. The molecule has 0 fully saturated rings. The Hall–Kier alpha value is -6.72. The average Bonchev–Trinajstić information content (AvgIpc) is 3.96. The molecule has 1 radical (unpaired) electrons. The van der Waals surface area contributed by atoms with E-state index in [9.17, 15) is 2.74 Å². The number of imidazole rings is 1.